The van der Waals surface area contributed by atoms with Gasteiger partial charge < -0.3 is 10.4 Å². The van der Waals surface area contributed by atoms with Crippen molar-refractivity contribution < 1.29 is 14.7 Å². The number of nitrogens with zero attached hydrogens (tertiary/aromatic N) is 2. The summed E-state index contributed by atoms with van der Waals surface area (Å²) >= 11 is 6.11. The van der Waals surface area contributed by atoms with Gasteiger partial charge in [0.2, 0.25) is 0 Å². The lowest BCUT2D eigenvalue weighted by atomic mass is 10.0. The Hall–Kier alpha value is -2.93. The summed E-state index contributed by atoms with van der Waals surface area (Å²) in [5.74, 6) is -1.78. The smallest absolute Gasteiger partial charge is 0.331 e. The topological polar surface area (TPSA) is 108 Å². The lowest BCUT2D eigenvalue weighted by Crippen LogP contribution is -2.34. The number of benzene rings is 1. The van der Waals surface area contributed by atoms with Crippen LogP contribution in [0.5, 0.6) is 0 Å². The van der Waals surface area contributed by atoms with Gasteiger partial charge in [0.1, 0.15) is 5.69 Å². The highest BCUT2D eigenvalue weighted by molar-refractivity contribution is 6.35. The van der Waals surface area contributed by atoms with Gasteiger partial charge in [-0.25, -0.2) is 9.78 Å². The Balaban J connectivity index is 1.95. The number of hydrogen-bond acceptors (Lipinski definition) is 4. The van der Waals surface area contributed by atoms with Crippen molar-refractivity contribution in [2.24, 2.45) is 0 Å². The van der Waals surface area contributed by atoms with Crippen molar-refractivity contribution in [2.75, 3.05) is 0 Å². The summed E-state index contributed by atoms with van der Waals surface area (Å²) in [7, 11) is 0. The second kappa shape index (κ2) is 6.52. The number of aliphatic carboxylic acids is 1. The lowest BCUT2D eigenvalue weighted by molar-refractivity contribution is -0.139. The van der Waals surface area contributed by atoms with Crippen molar-refractivity contribution in [3.63, 3.8) is 0 Å². The molecule has 0 aliphatic rings. The van der Waals surface area contributed by atoms with Crippen LogP contribution in [-0.2, 0) is 4.79 Å². The third-order valence-electron chi connectivity index (χ3n) is 3.90. The van der Waals surface area contributed by atoms with Crippen molar-refractivity contribution in [3.05, 3.63) is 58.0 Å². The van der Waals surface area contributed by atoms with Crippen LogP contribution in [-0.4, -0.2) is 32.2 Å². The van der Waals surface area contributed by atoms with E-state index < -0.39 is 17.9 Å². The van der Waals surface area contributed by atoms with Gasteiger partial charge in [-0.2, -0.15) is 5.10 Å². The first-order valence-corrected chi connectivity index (χ1v) is 7.86. The fourth-order valence-electron chi connectivity index (χ4n) is 2.68. The third kappa shape index (κ3) is 3.18. The number of halogens is 1. The summed E-state index contributed by atoms with van der Waals surface area (Å²) < 4.78 is 0. The summed E-state index contributed by atoms with van der Waals surface area (Å²) in [6, 6.07) is 7.31. The van der Waals surface area contributed by atoms with E-state index in [2.05, 4.69) is 20.5 Å². The van der Waals surface area contributed by atoms with E-state index in [9.17, 15) is 14.7 Å². The zero-order valence-corrected chi connectivity index (χ0v) is 14.3. The second-order valence-corrected chi connectivity index (χ2v) is 6.01. The standard InChI is InChI=1S/C17H15ClN4O3/c1-8-13(9(2)22-21-8)15(17(24)25)20-16(23)12-7-6-10-4-3-5-11(18)14(10)19-12/h3-7,15H,1-2H3,(H,20,23)(H,21,22)(H,24,25). The number of amides is 1. The van der Waals surface area contributed by atoms with Gasteiger partial charge in [0.25, 0.3) is 5.91 Å². The fourth-order valence-corrected chi connectivity index (χ4v) is 2.91. The highest BCUT2D eigenvalue weighted by atomic mass is 35.5. The van der Waals surface area contributed by atoms with Gasteiger partial charge in [0, 0.05) is 16.6 Å². The van der Waals surface area contributed by atoms with Crippen molar-refractivity contribution in [1.82, 2.24) is 20.5 Å². The summed E-state index contributed by atoms with van der Waals surface area (Å²) in [5, 5.41) is 19.9. The maximum Gasteiger partial charge on any atom is 0.331 e. The number of aryl methyl sites for hydroxylation is 2. The fraction of sp³-hybridized carbons (Fsp3) is 0.176. The summed E-state index contributed by atoms with van der Waals surface area (Å²) in [6.45, 7) is 3.38. The number of H-pyrrole nitrogens is 1. The highest BCUT2D eigenvalue weighted by Crippen LogP contribution is 2.23. The molecule has 0 aliphatic heterocycles. The Kier molecular flexibility index (Phi) is 4.41. The number of pyridine rings is 1. The SMILES string of the molecule is Cc1n[nH]c(C)c1C(NC(=O)c1ccc2cccc(Cl)c2n1)C(=O)O. The number of nitrogens with one attached hydrogen (secondary N) is 2. The molecule has 25 heavy (non-hydrogen) atoms. The molecule has 8 heteroatoms. The zero-order chi connectivity index (χ0) is 18.1. The van der Waals surface area contributed by atoms with Crippen LogP contribution in [0, 0.1) is 13.8 Å². The minimum Gasteiger partial charge on any atom is -0.479 e. The predicted octanol–water partition coefficient (Wildman–Crippen LogP) is 2.78. The molecule has 0 saturated heterocycles. The van der Waals surface area contributed by atoms with Crippen LogP contribution in [0.3, 0.4) is 0 Å². The van der Waals surface area contributed by atoms with Crippen LogP contribution < -0.4 is 5.32 Å². The van der Waals surface area contributed by atoms with E-state index in [1.165, 1.54) is 6.07 Å². The van der Waals surface area contributed by atoms with E-state index in [4.69, 9.17) is 11.6 Å². The Morgan fingerprint density at radius 1 is 1.24 bits per heavy atom. The van der Waals surface area contributed by atoms with Crippen molar-refractivity contribution in [3.8, 4) is 0 Å². The number of carbonyl (C=O) groups is 2. The zero-order valence-electron chi connectivity index (χ0n) is 13.5. The highest BCUT2D eigenvalue weighted by Gasteiger charge is 2.28. The van der Waals surface area contributed by atoms with E-state index in [0.29, 0.717) is 27.5 Å². The summed E-state index contributed by atoms with van der Waals surface area (Å²) in [6.07, 6.45) is 0. The second-order valence-electron chi connectivity index (χ2n) is 5.60. The Morgan fingerprint density at radius 2 is 2.00 bits per heavy atom. The van der Waals surface area contributed by atoms with Gasteiger partial charge in [0.05, 0.1) is 16.2 Å². The first-order chi connectivity index (χ1) is 11.9. The van der Waals surface area contributed by atoms with Gasteiger partial charge in [0.15, 0.2) is 6.04 Å². The first-order valence-electron chi connectivity index (χ1n) is 7.49. The van der Waals surface area contributed by atoms with Gasteiger partial charge in [-0.3, -0.25) is 9.89 Å². The Labute approximate surface area is 148 Å². The van der Waals surface area contributed by atoms with Crippen LogP contribution >= 0.6 is 11.6 Å². The molecule has 0 bridgehead atoms. The lowest BCUT2D eigenvalue weighted by Gasteiger charge is -2.15. The average Bonchev–Trinajstić information content (AvgIpc) is 2.91. The quantitative estimate of drug-likeness (QED) is 0.664. The predicted molar refractivity (Wildman–Crippen MR) is 92.7 cm³/mol. The van der Waals surface area contributed by atoms with Gasteiger partial charge in [-0.05, 0) is 26.0 Å². The van der Waals surface area contributed by atoms with Crippen LogP contribution in [0.15, 0.2) is 30.3 Å². The minimum absolute atomic E-state index is 0.0886. The number of aromatic amines is 1. The molecule has 1 aromatic carbocycles. The molecule has 128 valence electrons. The minimum atomic E-state index is -1.23. The van der Waals surface area contributed by atoms with Crippen molar-refractivity contribution in [2.45, 2.75) is 19.9 Å². The normalized spacial score (nSPS) is 12.1. The molecular formula is C17H15ClN4O3. The molecule has 1 amide bonds. The molecule has 3 N–H and O–H groups in total. The molecule has 0 saturated carbocycles. The molecule has 7 nitrogen and oxygen atoms in total. The van der Waals surface area contributed by atoms with Crippen LogP contribution in [0.25, 0.3) is 10.9 Å². The molecule has 2 heterocycles. The molecule has 3 rings (SSSR count). The van der Waals surface area contributed by atoms with E-state index in [1.54, 1.807) is 32.0 Å². The summed E-state index contributed by atoms with van der Waals surface area (Å²) in [4.78, 5) is 28.4. The number of para-hydroxylation sites is 1. The number of aromatic nitrogens is 3. The van der Waals surface area contributed by atoms with Crippen LogP contribution in [0.4, 0.5) is 0 Å². The van der Waals surface area contributed by atoms with Gasteiger partial charge in [-0.15, -0.1) is 0 Å². The maximum absolute atomic E-state index is 12.5. The number of hydrogen-bond donors (Lipinski definition) is 3. The molecule has 2 aromatic heterocycles. The van der Waals surface area contributed by atoms with E-state index in [0.717, 1.165) is 5.39 Å². The van der Waals surface area contributed by atoms with Crippen LogP contribution in [0.2, 0.25) is 5.02 Å². The molecule has 1 atom stereocenters. The number of rotatable bonds is 4. The van der Waals surface area contributed by atoms with Gasteiger partial charge >= 0.3 is 5.97 Å². The summed E-state index contributed by atoms with van der Waals surface area (Å²) in [5.41, 5.74) is 2.10. The molecule has 1 unspecified atom stereocenters. The Morgan fingerprint density at radius 3 is 2.64 bits per heavy atom. The number of carbonyl (C=O) groups excluding carboxylic acids is 1. The van der Waals surface area contributed by atoms with Gasteiger partial charge in [-0.1, -0.05) is 29.8 Å². The Bertz CT molecular complexity index is 964. The van der Waals surface area contributed by atoms with Crippen LogP contribution in [0.1, 0.15) is 33.5 Å². The largest absolute Gasteiger partial charge is 0.479 e. The maximum atomic E-state index is 12.5. The van der Waals surface area contributed by atoms with Crippen molar-refractivity contribution >= 4 is 34.4 Å². The average molecular weight is 359 g/mol. The molecule has 0 fully saturated rings. The first kappa shape index (κ1) is 16.9. The number of carboxylic acid groups (broad SMARTS) is 1. The number of fused-ring (bicyclic) bond motifs is 1. The van der Waals surface area contributed by atoms with Crippen molar-refractivity contribution in [1.29, 1.82) is 0 Å². The number of carboxylic acids is 1. The molecule has 0 aliphatic carbocycles. The third-order valence-corrected chi connectivity index (χ3v) is 4.20. The monoisotopic (exact) mass is 358 g/mol. The van der Waals surface area contributed by atoms with E-state index >= 15 is 0 Å². The van der Waals surface area contributed by atoms with E-state index in [1.807, 2.05) is 6.07 Å². The molecule has 0 spiro atoms. The molecular weight excluding hydrogens is 344 g/mol. The molecule has 3 aromatic rings. The molecule has 0 radical (unpaired) electrons. The van der Waals surface area contributed by atoms with E-state index in [-0.39, 0.29) is 5.69 Å².